The largest absolute Gasteiger partial charge is 0.493 e. The van der Waals surface area contributed by atoms with Crippen molar-refractivity contribution in [2.75, 3.05) is 7.11 Å². The van der Waals surface area contributed by atoms with E-state index in [-0.39, 0.29) is 17.3 Å². The van der Waals surface area contributed by atoms with Gasteiger partial charge in [0.2, 0.25) is 0 Å². The number of alkyl halides is 4. The highest BCUT2D eigenvalue weighted by atomic mass is 79.9. The van der Waals surface area contributed by atoms with E-state index >= 15 is 0 Å². The molecule has 106 valence electrons. The van der Waals surface area contributed by atoms with Crippen molar-refractivity contribution in [2.24, 2.45) is 0 Å². The maximum atomic E-state index is 12.8. The zero-order chi connectivity index (χ0) is 14.6. The van der Waals surface area contributed by atoms with Crippen molar-refractivity contribution in [3.8, 4) is 11.5 Å². The topological polar surface area (TPSA) is 35.5 Å². The van der Waals surface area contributed by atoms with Gasteiger partial charge in [0.25, 0.3) is 6.36 Å². The van der Waals surface area contributed by atoms with Gasteiger partial charge in [-0.2, -0.15) is 4.39 Å². The molecule has 7 heteroatoms. The molecule has 0 radical (unpaired) electrons. The Morgan fingerprint density at radius 2 is 1.89 bits per heavy atom. The van der Waals surface area contributed by atoms with Gasteiger partial charge in [-0.25, -0.2) is 8.78 Å². The molecule has 2 atom stereocenters. The van der Waals surface area contributed by atoms with Crippen molar-refractivity contribution in [2.45, 2.75) is 24.5 Å². The summed E-state index contributed by atoms with van der Waals surface area (Å²) in [5.74, 6) is -0.383. The molecule has 0 saturated carbocycles. The zero-order valence-electron chi connectivity index (χ0n) is 10.2. The van der Waals surface area contributed by atoms with Gasteiger partial charge in [-0.3, -0.25) is 4.79 Å². The average molecular weight is 341 g/mol. The van der Waals surface area contributed by atoms with Crippen molar-refractivity contribution in [1.82, 2.24) is 0 Å². The third-order valence-electron chi connectivity index (χ3n) is 2.25. The van der Waals surface area contributed by atoms with Crippen LogP contribution >= 0.6 is 15.9 Å². The lowest BCUT2D eigenvalue weighted by Crippen LogP contribution is -2.20. The molecule has 0 saturated heterocycles. The van der Waals surface area contributed by atoms with Crippen LogP contribution < -0.4 is 9.47 Å². The summed E-state index contributed by atoms with van der Waals surface area (Å²) in [6.45, 7) is 1.65. The molecular formula is C12H12BrF3O3. The van der Waals surface area contributed by atoms with E-state index in [0.717, 1.165) is 0 Å². The van der Waals surface area contributed by atoms with Crippen LogP contribution in [0.3, 0.4) is 0 Å². The molecule has 0 fully saturated rings. The normalized spacial score (nSPS) is 14.1. The van der Waals surface area contributed by atoms with E-state index in [9.17, 15) is 18.0 Å². The number of hydrogen-bond donors (Lipinski definition) is 0. The van der Waals surface area contributed by atoms with Crippen molar-refractivity contribution < 1.29 is 27.4 Å². The first-order valence-corrected chi connectivity index (χ1v) is 6.23. The van der Waals surface area contributed by atoms with Crippen LogP contribution in [0.25, 0.3) is 0 Å². The van der Waals surface area contributed by atoms with Gasteiger partial charge in [0.15, 0.2) is 17.3 Å². The fourth-order valence-corrected chi connectivity index (χ4v) is 1.58. The van der Waals surface area contributed by atoms with Gasteiger partial charge < -0.3 is 9.47 Å². The number of ether oxygens (including phenoxy) is 2. The molecular weight excluding hydrogens is 329 g/mol. The molecule has 1 aromatic rings. The number of carbonyl (C=O) groups is 1. The minimum absolute atomic E-state index is 0.0160. The summed E-state index contributed by atoms with van der Waals surface area (Å²) < 4.78 is 46.3. The highest BCUT2D eigenvalue weighted by Crippen LogP contribution is 2.30. The summed E-state index contributed by atoms with van der Waals surface area (Å²) >= 11 is 3.12. The molecule has 0 amide bonds. The summed E-state index contributed by atoms with van der Waals surface area (Å²) in [6.07, 6.45) is -6.00. The number of Topliss-reactive ketones (excluding diaryl/α,β-unsaturated/α-hetero) is 1. The van der Waals surface area contributed by atoms with Gasteiger partial charge in [0.1, 0.15) is 0 Å². The molecule has 0 aliphatic carbocycles. The zero-order valence-corrected chi connectivity index (χ0v) is 11.8. The lowest BCUT2D eigenvalue weighted by Gasteiger charge is -2.14. The predicted molar refractivity (Wildman–Crippen MR) is 67.2 cm³/mol. The van der Waals surface area contributed by atoms with Crippen LogP contribution in [0.15, 0.2) is 18.2 Å². The van der Waals surface area contributed by atoms with Crippen molar-refractivity contribution in [3.05, 3.63) is 23.8 Å². The molecule has 1 aromatic carbocycles. The first kappa shape index (κ1) is 15.8. The minimum atomic E-state index is -3.26. The van der Waals surface area contributed by atoms with Crippen LogP contribution in [0.5, 0.6) is 11.5 Å². The van der Waals surface area contributed by atoms with E-state index in [1.165, 1.54) is 25.3 Å². The van der Waals surface area contributed by atoms with Gasteiger partial charge in [0.05, 0.1) is 11.9 Å². The van der Waals surface area contributed by atoms with E-state index < -0.39 is 17.6 Å². The SMILES string of the molecule is COc1cc(C(=O)C(C)Br)ccc1OC(F)C(F)F. The summed E-state index contributed by atoms with van der Waals surface area (Å²) in [6, 6.07) is 3.89. The fourth-order valence-electron chi connectivity index (χ4n) is 1.32. The van der Waals surface area contributed by atoms with Crippen LogP contribution in [-0.2, 0) is 0 Å². The molecule has 1 rings (SSSR count). The van der Waals surface area contributed by atoms with E-state index in [2.05, 4.69) is 20.7 Å². The quantitative estimate of drug-likeness (QED) is 0.586. The number of halogens is 4. The van der Waals surface area contributed by atoms with Crippen LogP contribution in [-0.4, -0.2) is 30.5 Å². The second kappa shape index (κ2) is 6.79. The summed E-state index contributed by atoms with van der Waals surface area (Å²) in [5.41, 5.74) is 0.307. The number of rotatable bonds is 6. The van der Waals surface area contributed by atoms with Crippen LogP contribution in [0.2, 0.25) is 0 Å². The third-order valence-corrected chi connectivity index (χ3v) is 2.66. The Bertz CT molecular complexity index is 452. The highest BCUT2D eigenvalue weighted by molar-refractivity contribution is 9.10. The number of hydrogen-bond acceptors (Lipinski definition) is 3. The summed E-state index contributed by atoms with van der Waals surface area (Å²) in [5, 5.41) is 0. The Morgan fingerprint density at radius 3 is 2.37 bits per heavy atom. The Morgan fingerprint density at radius 1 is 1.26 bits per heavy atom. The van der Waals surface area contributed by atoms with Gasteiger partial charge in [-0.15, -0.1) is 0 Å². The molecule has 0 aliphatic rings. The molecule has 2 unspecified atom stereocenters. The Kier molecular flexibility index (Phi) is 5.65. The second-order valence-electron chi connectivity index (χ2n) is 3.65. The highest BCUT2D eigenvalue weighted by Gasteiger charge is 2.23. The van der Waals surface area contributed by atoms with E-state index in [1.807, 2.05) is 0 Å². The van der Waals surface area contributed by atoms with E-state index in [1.54, 1.807) is 6.92 Å². The lowest BCUT2D eigenvalue weighted by molar-refractivity contribution is -0.0677. The lowest BCUT2D eigenvalue weighted by atomic mass is 10.1. The van der Waals surface area contributed by atoms with E-state index in [0.29, 0.717) is 5.56 Å². The second-order valence-corrected chi connectivity index (χ2v) is 5.02. The first-order valence-electron chi connectivity index (χ1n) is 5.32. The van der Waals surface area contributed by atoms with Crippen molar-refractivity contribution in [3.63, 3.8) is 0 Å². The standard InChI is InChI=1S/C12H12BrF3O3/c1-6(13)10(17)7-3-4-8(9(5-7)18-2)19-12(16)11(14)15/h3-6,11-12H,1-2H3. The maximum absolute atomic E-state index is 12.8. The molecule has 0 aliphatic heterocycles. The molecule has 0 bridgehead atoms. The van der Waals surface area contributed by atoms with Gasteiger partial charge in [-0.1, -0.05) is 15.9 Å². The van der Waals surface area contributed by atoms with Gasteiger partial charge in [-0.05, 0) is 25.1 Å². The molecule has 0 aromatic heterocycles. The fraction of sp³-hybridized carbons (Fsp3) is 0.417. The summed E-state index contributed by atoms with van der Waals surface area (Å²) in [7, 11) is 1.27. The van der Waals surface area contributed by atoms with E-state index in [4.69, 9.17) is 4.74 Å². The predicted octanol–water partition coefficient (Wildman–Crippen LogP) is 3.60. The maximum Gasteiger partial charge on any atom is 0.304 e. The Labute approximate surface area is 116 Å². The number of carbonyl (C=O) groups excluding carboxylic acids is 1. The number of ketones is 1. The third kappa shape index (κ3) is 4.12. The van der Waals surface area contributed by atoms with Crippen LogP contribution in [0.1, 0.15) is 17.3 Å². The molecule has 0 heterocycles. The molecule has 3 nitrogen and oxygen atoms in total. The first-order chi connectivity index (χ1) is 8.86. The number of methoxy groups -OCH3 is 1. The number of benzene rings is 1. The minimum Gasteiger partial charge on any atom is -0.493 e. The Balaban J connectivity index is 3.00. The average Bonchev–Trinajstić information content (AvgIpc) is 2.37. The van der Waals surface area contributed by atoms with Crippen molar-refractivity contribution >= 4 is 21.7 Å². The Hall–Kier alpha value is -1.24. The molecule has 0 spiro atoms. The van der Waals surface area contributed by atoms with Gasteiger partial charge >= 0.3 is 6.43 Å². The summed E-state index contributed by atoms with van der Waals surface area (Å²) in [4.78, 5) is 11.3. The monoisotopic (exact) mass is 340 g/mol. The molecule has 19 heavy (non-hydrogen) atoms. The smallest absolute Gasteiger partial charge is 0.304 e. The molecule has 0 N–H and O–H groups in total. The van der Waals surface area contributed by atoms with Crippen LogP contribution in [0, 0.1) is 0 Å². The van der Waals surface area contributed by atoms with Gasteiger partial charge in [0, 0.05) is 5.56 Å². The van der Waals surface area contributed by atoms with Crippen molar-refractivity contribution in [1.29, 1.82) is 0 Å². The van der Waals surface area contributed by atoms with Crippen LogP contribution in [0.4, 0.5) is 13.2 Å².